The Morgan fingerprint density at radius 3 is 2.33 bits per heavy atom. The lowest BCUT2D eigenvalue weighted by atomic mass is 9.71. The molecule has 0 amide bonds. The van der Waals surface area contributed by atoms with Crippen molar-refractivity contribution >= 4 is 5.97 Å². The van der Waals surface area contributed by atoms with Gasteiger partial charge in [0.2, 0.25) is 0 Å². The maximum atomic E-state index is 11.1. The average molecular weight is 212 g/mol. The summed E-state index contributed by atoms with van der Waals surface area (Å²) in [5.74, 6) is -1.00. The number of aliphatic carboxylic acids is 1. The normalized spacial score (nSPS) is 35.3. The van der Waals surface area contributed by atoms with Crippen LogP contribution >= 0.6 is 0 Å². The molecule has 0 bridgehead atoms. The summed E-state index contributed by atoms with van der Waals surface area (Å²) in [5.41, 5.74) is -0.669. The van der Waals surface area contributed by atoms with E-state index in [-0.39, 0.29) is 11.8 Å². The van der Waals surface area contributed by atoms with E-state index in [1.54, 1.807) is 0 Å². The minimum absolute atomic E-state index is 0.00954. The fourth-order valence-electron chi connectivity index (χ4n) is 3.43. The summed E-state index contributed by atoms with van der Waals surface area (Å²) in [6.07, 6.45) is 7.52. The second-order valence-electron chi connectivity index (χ2n) is 5.15. The standard InChI is InChI=1S/C12H20O3/c13-11(14)9-5-4-6-10(9)12(15)7-2-1-3-8-12/h9-10,15H,1-8H2,(H,13,14). The Morgan fingerprint density at radius 2 is 1.73 bits per heavy atom. The quantitative estimate of drug-likeness (QED) is 0.737. The van der Waals surface area contributed by atoms with Crippen LogP contribution in [-0.2, 0) is 4.79 Å². The Bertz CT molecular complexity index is 243. The topological polar surface area (TPSA) is 57.5 Å². The maximum absolute atomic E-state index is 11.1. The van der Waals surface area contributed by atoms with E-state index in [0.717, 1.165) is 44.9 Å². The van der Waals surface area contributed by atoms with Crippen molar-refractivity contribution in [2.24, 2.45) is 11.8 Å². The summed E-state index contributed by atoms with van der Waals surface area (Å²) < 4.78 is 0. The van der Waals surface area contributed by atoms with E-state index in [0.29, 0.717) is 0 Å². The third-order valence-corrected chi connectivity index (χ3v) is 4.24. The van der Waals surface area contributed by atoms with E-state index < -0.39 is 11.6 Å². The Hall–Kier alpha value is -0.570. The average Bonchev–Trinajstić information content (AvgIpc) is 2.67. The smallest absolute Gasteiger partial charge is 0.306 e. The number of aliphatic hydroxyl groups is 1. The summed E-state index contributed by atoms with van der Waals surface area (Å²) in [7, 11) is 0. The number of rotatable bonds is 2. The van der Waals surface area contributed by atoms with Crippen LogP contribution in [0.1, 0.15) is 51.4 Å². The van der Waals surface area contributed by atoms with Gasteiger partial charge in [0.05, 0.1) is 11.5 Å². The third kappa shape index (κ3) is 2.03. The van der Waals surface area contributed by atoms with Crippen LogP contribution in [0.4, 0.5) is 0 Å². The van der Waals surface area contributed by atoms with Gasteiger partial charge in [-0.2, -0.15) is 0 Å². The van der Waals surface area contributed by atoms with Crippen LogP contribution in [0.3, 0.4) is 0 Å². The lowest BCUT2D eigenvalue weighted by Gasteiger charge is -2.39. The molecule has 2 aliphatic carbocycles. The summed E-state index contributed by atoms with van der Waals surface area (Å²) >= 11 is 0. The highest BCUT2D eigenvalue weighted by Crippen LogP contribution is 2.45. The van der Waals surface area contributed by atoms with E-state index in [4.69, 9.17) is 5.11 Å². The number of hydrogen-bond donors (Lipinski definition) is 2. The first-order valence-electron chi connectivity index (χ1n) is 6.09. The molecule has 86 valence electrons. The molecular weight excluding hydrogens is 192 g/mol. The molecule has 0 aromatic heterocycles. The zero-order chi connectivity index (χ0) is 10.9. The van der Waals surface area contributed by atoms with E-state index >= 15 is 0 Å². The molecule has 0 heterocycles. The van der Waals surface area contributed by atoms with Gasteiger partial charge in [0.25, 0.3) is 0 Å². The zero-order valence-corrected chi connectivity index (χ0v) is 9.11. The molecule has 2 atom stereocenters. The van der Waals surface area contributed by atoms with Gasteiger partial charge in [-0.25, -0.2) is 0 Å². The molecule has 3 heteroatoms. The molecule has 0 saturated heterocycles. The largest absolute Gasteiger partial charge is 0.481 e. The summed E-state index contributed by atoms with van der Waals surface area (Å²) in [4.78, 5) is 11.1. The van der Waals surface area contributed by atoms with E-state index in [1.165, 1.54) is 6.42 Å². The lowest BCUT2D eigenvalue weighted by molar-refractivity contribution is -0.149. The van der Waals surface area contributed by atoms with Crippen molar-refractivity contribution in [2.45, 2.75) is 57.0 Å². The Kier molecular flexibility index (Phi) is 3.01. The van der Waals surface area contributed by atoms with Gasteiger partial charge in [0.15, 0.2) is 0 Å². The molecule has 0 aliphatic heterocycles. The predicted molar refractivity (Wildman–Crippen MR) is 56.5 cm³/mol. The van der Waals surface area contributed by atoms with Gasteiger partial charge in [-0.05, 0) is 25.7 Å². The molecule has 2 aliphatic rings. The zero-order valence-electron chi connectivity index (χ0n) is 9.11. The van der Waals surface area contributed by atoms with Crippen molar-refractivity contribution in [2.75, 3.05) is 0 Å². The highest BCUT2D eigenvalue weighted by Gasteiger charge is 2.46. The molecule has 3 nitrogen and oxygen atoms in total. The van der Waals surface area contributed by atoms with Crippen molar-refractivity contribution in [1.82, 2.24) is 0 Å². The van der Waals surface area contributed by atoms with Crippen LogP contribution in [0.15, 0.2) is 0 Å². The SMILES string of the molecule is O=C(O)C1CCCC1C1(O)CCCCC1. The Labute approximate surface area is 90.5 Å². The predicted octanol–water partition coefficient (Wildman–Crippen LogP) is 2.18. The fraction of sp³-hybridized carbons (Fsp3) is 0.917. The van der Waals surface area contributed by atoms with Crippen LogP contribution in [0, 0.1) is 11.8 Å². The number of hydrogen-bond acceptors (Lipinski definition) is 2. The van der Waals surface area contributed by atoms with Crippen LogP contribution in [-0.4, -0.2) is 21.8 Å². The van der Waals surface area contributed by atoms with Crippen molar-refractivity contribution in [3.63, 3.8) is 0 Å². The summed E-state index contributed by atoms with van der Waals surface area (Å²) in [6, 6.07) is 0. The van der Waals surface area contributed by atoms with Gasteiger partial charge >= 0.3 is 5.97 Å². The van der Waals surface area contributed by atoms with Crippen molar-refractivity contribution in [1.29, 1.82) is 0 Å². The van der Waals surface area contributed by atoms with Crippen LogP contribution in [0.5, 0.6) is 0 Å². The Morgan fingerprint density at radius 1 is 1.07 bits per heavy atom. The van der Waals surface area contributed by atoms with Gasteiger partial charge in [0, 0.05) is 5.92 Å². The monoisotopic (exact) mass is 212 g/mol. The summed E-state index contributed by atoms with van der Waals surface area (Å²) in [6.45, 7) is 0. The first-order chi connectivity index (χ1) is 7.13. The van der Waals surface area contributed by atoms with Gasteiger partial charge in [-0.3, -0.25) is 4.79 Å². The first kappa shape index (κ1) is 10.9. The van der Waals surface area contributed by atoms with Gasteiger partial charge in [-0.15, -0.1) is 0 Å². The Balaban J connectivity index is 2.10. The highest BCUT2D eigenvalue weighted by molar-refractivity contribution is 5.71. The van der Waals surface area contributed by atoms with Crippen molar-refractivity contribution in [3.8, 4) is 0 Å². The molecular formula is C12H20O3. The molecule has 2 fully saturated rings. The fourth-order valence-corrected chi connectivity index (χ4v) is 3.43. The van der Waals surface area contributed by atoms with E-state index in [2.05, 4.69) is 0 Å². The molecule has 15 heavy (non-hydrogen) atoms. The van der Waals surface area contributed by atoms with Gasteiger partial charge in [-0.1, -0.05) is 25.7 Å². The second kappa shape index (κ2) is 4.12. The summed E-state index contributed by atoms with van der Waals surface area (Å²) in [5, 5.41) is 19.6. The van der Waals surface area contributed by atoms with Crippen LogP contribution in [0.2, 0.25) is 0 Å². The number of carbonyl (C=O) groups is 1. The second-order valence-corrected chi connectivity index (χ2v) is 5.15. The van der Waals surface area contributed by atoms with Crippen LogP contribution < -0.4 is 0 Å². The molecule has 2 unspecified atom stereocenters. The highest BCUT2D eigenvalue weighted by atomic mass is 16.4. The van der Waals surface area contributed by atoms with E-state index in [1.807, 2.05) is 0 Å². The number of carboxylic acids is 1. The van der Waals surface area contributed by atoms with Gasteiger partial charge in [0.1, 0.15) is 0 Å². The maximum Gasteiger partial charge on any atom is 0.306 e. The molecule has 2 rings (SSSR count). The molecule has 0 radical (unpaired) electrons. The molecule has 0 spiro atoms. The van der Waals surface area contributed by atoms with Crippen LogP contribution in [0.25, 0.3) is 0 Å². The number of carboxylic acid groups (broad SMARTS) is 1. The lowest BCUT2D eigenvalue weighted by Crippen LogP contribution is -2.43. The third-order valence-electron chi connectivity index (χ3n) is 4.24. The molecule has 0 aromatic rings. The minimum atomic E-state index is -0.712. The van der Waals surface area contributed by atoms with Crippen molar-refractivity contribution in [3.05, 3.63) is 0 Å². The molecule has 2 saturated carbocycles. The van der Waals surface area contributed by atoms with Crippen molar-refractivity contribution < 1.29 is 15.0 Å². The van der Waals surface area contributed by atoms with E-state index in [9.17, 15) is 9.90 Å². The molecule has 2 N–H and O–H groups in total. The molecule has 0 aromatic carbocycles. The minimum Gasteiger partial charge on any atom is -0.481 e. The first-order valence-corrected chi connectivity index (χ1v) is 6.09. The van der Waals surface area contributed by atoms with Gasteiger partial charge < -0.3 is 10.2 Å².